The van der Waals surface area contributed by atoms with Gasteiger partial charge in [0.1, 0.15) is 5.69 Å². The monoisotopic (exact) mass is 530 g/mol. The van der Waals surface area contributed by atoms with Crippen molar-refractivity contribution >= 4 is 51.4 Å². The Morgan fingerprint density at radius 3 is 2.51 bits per heavy atom. The van der Waals surface area contributed by atoms with Crippen LogP contribution in [0.15, 0.2) is 65.7 Å². The Hall–Kier alpha value is -2.81. The SMILES string of the molecule is C[C@H]1[C@H](C)N(c2cccc(Cl)c2)CCN1C(=O)c1ccc(S(=O)CC(=O)c2cccnn2)c(Cl)c1. The fourth-order valence-electron chi connectivity index (χ4n) is 4.15. The maximum atomic E-state index is 13.3. The summed E-state index contributed by atoms with van der Waals surface area (Å²) < 4.78 is 12.8. The summed E-state index contributed by atoms with van der Waals surface area (Å²) in [5.41, 5.74) is 1.57. The van der Waals surface area contributed by atoms with Crippen molar-refractivity contribution in [1.82, 2.24) is 15.1 Å². The number of ketones is 1. The van der Waals surface area contributed by atoms with Crippen LogP contribution in [0.5, 0.6) is 0 Å². The number of hydrogen-bond acceptors (Lipinski definition) is 6. The Morgan fingerprint density at radius 1 is 1.03 bits per heavy atom. The number of Topliss-reactive ketones (excluding diaryl/α,β-unsaturated/α-hetero) is 1. The topological polar surface area (TPSA) is 83.5 Å². The highest BCUT2D eigenvalue weighted by molar-refractivity contribution is 7.86. The molecule has 1 unspecified atom stereocenters. The molecule has 2 heterocycles. The molecule has 0 saturated carbocycles. The van der Waals surface area contributed by atoms with E-state index in [0.29, 0.717) is 28.6 Å². The third-order valence-corrected chi connectivity index (χ3v) is 8.24. The van der Waals surface area contributed by atoms with Crippen LogP contribution in [0.3, 0.4) is 0 Å². The molecule has 4 rings (SSSR count). The zero-order valence-corrected chi connectivity index (χ0v) is 21.6. The summed E-state index contributed by atoms with van der Waals surface area (Å²) in [4.78, 5) is 30.0. The zero-order valence-electron chi connectivity index (χ0n) is 19.2. The van der Waals surface area contributed by atoms with Crippen LogP contribution >= 0.6 is 23.2 Å². The molecular formula is C25H24Cl2N4O3S. The Balaban J connectivity index is 1.46. The molecular weight excluding hydrogens is 507 g/mol. The Morgan fingerprint density at radius 2 is 1.83 bits per heavy atom. The molecule has 3 aromatic rings. The first-order chi connectivity index (χ1) is 16.8. The zero-order chi connectivity index (χ0) is 25.1. The standard InChI is InChI=1S/C25H24Cl2N4O3S/c1-16-17(2)31(12-11-30(16)20-6-3-5-19(26)14-20)25(33)18-8-9-24(21(27)13-18)35(34)15-23(32)22-7-4-10-28-29-22/h3-10,13-14,16-17H,11-12,15H2,1-2H3/t16-,17-,35?/m0/s1. The minimum absolute atomic E-state index is 0.0626. The summed E-state index contributed by atoms with van der Waals surface area (Å²) in [6, 6.07) is 15.5. The molecule has 1 aliphatic rings. The number of carbonyl (C=O) groups excluding carboxylic acids is 2. The molecule has 1 fully saturated rings. The van der Waals surface area contributed by atoms with Gasteiger partial charge in [0.15, 0.2) is 5.78 Å². The summed E-state index contributed by atoms with van der Waals surface area (Å²) in [7, 11) is -1.68. The van der Waals surface area contributed by atoms with E-state index in [2.05, 4.69) is 22.0 Å². The second kappa shape index (κ2) is 10.8. The van der Waals surface area contributed by atoms with Crippen LogP contribution in [0.4, 0.5) is 5.69 Å². The second-order valence-electron chi connectivity index (χ2n) is 8.32. The van der Waals surface area contributed by atoms with Crippen molar-refractivity contribution in [1.29, 1.82) is 0 Å². The van der Waals surface area contributed by atoms with Gasteiger partial charge < -0.3 is 9.80 Å². The number of halogens is 2. The van der Waals surface area contributed by atoms with Crippen molar-refractivity contribution in [2.45, 2.75) is 30.8 Å². The van der Waals surface area contributed by atoms with Crippen molar-refractivity contribution < 1.29 is 13.8 Å². The first kappa shape index (κ1) is 25.3. The van der Waals surface area contributed by atoms with Crippen molar-refractivity contribution in [2.75, 3.05) is 23.7 Å². The lowest BCUT2D eigenvalue weighted by atomic mass is 10.0. The summed E-state index contributed by atoms with van der Waals surface area (Å²) in [6.07, 6.45) is 1.46. The molecule has 1 aromatic heterocycles. The molecule has 0 aliphatic carbocycles. The average Bonchev–Trinajstić information content (AvgIpc) is 2.85. The minimum atomic E-state index is -1.68. The number of rotatable bonds is 6. The van der Waals surface area contributed by atoms with Crippen LogP contribution in [0.25, 0.3) is 0 Å². The number of piperazine rings is 1. The van der Waals surface area contributed by atoms with Gasteiger partial charge in [-0.15, -0.1) is 5.10 Å². The third-order valence-electron chi connectivity index (χ3n) is 6.21. The van der Waals surface area contributed by atoms with Crippen LogP contribution in [0.2, 0.25) is 10.0 Å². The molecule has 10 heteroatoms. The quantitative estimate of drug-likeness (QED) is 0.436. The molecule has 7 nitrogen and oxygen atoms in total. The van der Waals surface area contributed by atoms with Gasteiger partial charge in [0.2, 0.25) is 0 Å². The van der Waals surface area contributed by atoms with E-state index < -0.39 is 16.6 Å². The summed E-state index contributed by atoms with van der Waals surface area (Å²) in [6.45, 7) is 5.30. The van der Waals surface area contributed by atoms with Gasteiger partial charge in [-0.1, -0.05) is 29.3 Å². The predicted molar refractivity (Wildman–Crippen MR) is 138 cm³/mol. The molecule has 0 spiro atoms. The molecule has 1 aliphatic heterocycles. The van der Waals surface area contributed by atoms with E-state index in [9.17, 15) is 13.8 Å². The molecule has 0 bridgehead atoms. The van der Waals surface area contributed by atoms with Crippen molar-refractivity contribution in [3.05, 3.63) is 82.1 Å². The predicted octanol–water partition coefficient (Wildman–Crippen LogP) is 4.51. The molecule has 182 valence electrons. The first-order valence-corrected chi connectivity index (χ1v) is 13.2. The molecule has 2 aromatic carbocycles. The van der Waals surface area contributed by atoms with Gasteiger partial charge in [0.05, 0.1) is 26.5 Å². The van der Waals surface area contributed by atoms with E-state index in [0.717, 1.165) is 5.69 Å². The Kier molecular flexibility index (Phi) is 7.84. The molecule has 0 radical (unpaired) electrons. The van der Waals surface area contributed by atoms with Crippen molar-refractivity contribution in [3.63, 3.8) is 0 Å². The third kappa shape index (κ3) is 5.55. The fourth-order valence-corrected chi connectivity index (χ4v) is 5.82. The van der Waals surface area contributed by atoms with Gasteiger partial charge >= 0.3 is 0 Å². The van der Waals surface area contributed by atoms with Crippen LogP contribution in [-0.2, 0) is 10.8 Å². The fraction of sp³-hybridized carbons (Fsp3) is 0.280. The van der Waals surface area contributed by atoms with E-state index in [-0.39, 0.29) is 34.5 Å². The largest absolute Gasteiger partial charge is 0.365 e. The van der Waals surface area contributed by atoms with Gasteiger partial charge in [0.25, 0.3) is 5.91 Å². The highest BCUT2D eigenvalue weighted by Crippen LogP contribution is 2.29. The summed E-state index contributed by atoms with van der Waals surface area (Å²) >= 11 is 12.6. The number of anilines is 1. The lowest BCUT2D eigenvalue weighted by Gasteiger charge is -2.46. The van der Waals surface area contributed by atoms with E-state index in [4.69, 9.17) is 23.2 Å². The number of hydrogen-bond donors (Lipinski definition) is 0. The van der Waals surface area contributed by atoms with Crippen molar-refractivity contribution in [3.8, 4) is 0 Å². The highest BCUT2D eigenvalue weighted by atomic mass is 35.5. The second-order valence-corrected chi connectivity index (χ2v) is 10.6. The van der Waals surface area contributed by atoms with Gasteiger partial charge in [-0.3, -0.25) is 13.8 Å². The van der Waals surface area contributed by atoms with E-state index >= 15 is 0 Å². The van der Waals surface area contributed by atoms with Crippen LogP contribution < -0.4 is 4.90 Å². The summed E-state index contributed by atoms with van der Waals surface area (Å²) in [5.74, 6) is -0.816. The normalized spacial score (nSPS) is 18.9. The van der Waals surface area contributed by atoms with Crippen LogP contribution in [0.1, 0.15) is 34.7 Å². The average molecular weight is 531 g/mol. The number of aromatic nitrogens is 2. The molecule has 1 amide bonds. The van der Waals surface area contributed by atoms with E-state index in [1.165, 1.54) is 18.3 Å². The molecule has 3 atom stereocenters. The van der Waals surface area contributed by atoms with Gasteiger partial charge in [0, 0.05) is 47.6 Å². The van der Waals surface area contributed by atoms with Crippen LogP contribution in [-0.4, -0.2) is 61.9 Å². The van der Waals surface area contributed by atoms with Crippen molar-refractivity contribution in [2.24, 2.45) is 0 Å². The van der Waals surface area contributed by atoms with Crippen LogP contribution in [0, 0.1) is 0 Å². The summed E-state index contributed by atoms with van der Waals surface area (Å²) in [5, 5.41) is 8.27. The highest BCUT2D eigenvalue weighted by Gasteiger charge is 2.34. The Bertz CT molecular complexity index is 1270. The van der Waals surface area contributed by atoms with E-state index in [1.807, 2.05) is 36.1 Å². The maximum Gasteiger partial charge on any atom is 0.254 e. The number of benzene rings is 2. The number of nitrogens with zero attached hydrogens (tertiary/aromatic N) is 4. The lowest BCUT2D eigenvalue weighted by Crippen LogP contribution is -2.59. The van der Waals surface area contributed by atoms with Gasteiger partial charge in [-0.05, 0) is 62.4 Å². The van der Waals surface area contributed by atoms with E-state index in [1.54, 1.807) is 18.2 Å². The lowest BCUT2D eigenvalue weighted by molar-refractivity contribution is 0.0634. The maximum absolute atomic E-state index is 13.3. The smallest absolute Gasteiger partial charge is 0.254 e. The van der Waals surface area contributed by atoms with Gasteiger partial charge in [-0.2, -0.15) is 5.10 Å². The molecule has 0 N–H and O–H groups in total. The number of carbonyl (C=O) groups is 2. The van der Waals surface area contributed by atoms with Gasteiger partial charge in [-0.25, -0.2) is 0 Å². The molecule has 1 saturated heterocycles. The minimum Gasteiger partial charge on any atom is -0.365 e. The first-order valence-electron chi connectivity index (χ1n) is 11.1. The molecule has 35 heavy (non-hydrogen) atoms. The Labute approximate surface area is 216 Å². The number of amides is 1.